The van der Waals surface area contributed by atoms with Gasteiger partial charge in [0.2, 0.25) is 0 Å². The van der Waals surface area contributed by atoms with Crippen molar-refractivity contribution in [1.82, 2.24) is 9.55 Å². The van der Waals surface area contributed by atoms with Gasteiger partial charge >= 0.3 is 0 Å². The third-order valence-corrected chi connectivity index (χ3v) is 4.72. The van der Waals surface area contributed by atoms with E-state index >= 15 is 0 Å². The van der Waals surface area contributed by atoms with E-state index in [1.807, 2.05) is 37.3 Å². The van der Waals surface area contributed by atoms with Crippen LogP contribution in [-0.4, -0.2) is 9.55 Å². The molecule has 0 radical (unpaired) electrons. The Hall–Kier alpha value is -1.03. The molecule has 1 aromatic heterocycles. The average molecular weight is 384 g/mol. The zero-order valence-corrected chi connectivity index (χ0v) is 14.7. The summed E-state index contributed by atoms with van der Waals surface area (Å²) in [7, 11) is 0. The molecule has 3 rings (SSSR count). The molecular formula is C16H13BrCl2N2. The summed E-state index contributed by atoms with van der Waals surface area (Å²) in [6.45, 7) is 3.98. The van der Waals surface area contributed by atoms with Crippen molar-refractivity contribution < 1.29 is 0 Å². The second-order valence-corrected chi connectivity index (χ2v) is 6.93. The van der Waals surface area contributed by atoms with Crippen LogP contribution in [0.3, 0.4) is 0 Å². The van der Waals surface area contributed by atoms with E-state index in [0.717, 1.165) is 32.6 Å². The normalized spacial score (nSPS) is 12.8. The molecule has 0 aliphatic carbocycles. The first-order chi connectivity index (χ1) is 9.97. The van der Waals surface area contributed by atoms with E-state index in [1.54, 1.807) is 0 Å². The van der Waals surface area contributed by atoms with Crippen molar-refractivity contribution in [2.24, 2.45) is 0 Å². The molecule has 0 saturated carbocycles. The first kappa shape index (κ1) is 14.9. The van der Waals surface area contributed by atoms with Crippen LogP contribution >= 0.6 is 39.1 Å². The maximum atomic E-state index is 6.31. The third kappa shape index (κ3) is 2.70. The van der Waals surface area contributed by atoms with E-state index in [0.29, 0.717) is 5.02 Å². The zero-order valence-electron chi connectivity index (χ0n) is 11.6. The van der Waals surface area contributed by atoms with Crippen molar-refractivity contribution in [1.29, 1.82) is 0 Å². The predicted molar refractivity (Wildman–Crippen MR) is 92.8 cm³/mol. The molecule has 1 heterocycles. The van der Waals surface area contributed by atoms with Gasteiger partial charge in [-0.2, -0.15) is 0 Å². The molecule has 1 atom stereocenters. The second-order valence-electron chi connectivity index (χ2n) is 4.99. The molecule has 0 N–H and O–H groups in total. The fourth-order valence-electron chi connectivity index (χ4n) is 2.37. The molecule has 0 fully saturated rings. The van der Waals surface area contributed by atoms with Gasteiger partial charge in [-0.3, -0.25) is 4.57 Å². The van der Waals surface area contributed by atoms with Crippen molar-refractivity contribution in [3.63, 3.8) is 0 Å². The molecule has 2 nitrogen and oxygen atoms in total. The van der Waals surface area contributed by atoms with Crippen LogP contribution < -0.4 is 0 Å². The molecule has 5 heteroatoms. The summed E-state index contributed by atoms with van der Waals surface area (Å²) in [5, 5.41) is 0.492. The summed E-state index contributed by atoms with van der Waals surface area (Å²) in [4.78, 5) is 4.64. The van der Waals surface area contributed by atoms with Crippen LogP contribution in [0.4, 0.5) is 0 Å². The number of alkyl halides is 1. The number of hydrogen-bond acceptors (Lipinski definition) is 1. The van der Waals surface area contributed by atoms with Gasteiger partial charge in [-0.05, 0) is 55.8 Å². The number of hydrogen-bond donors (Lipinski definition) is 0. The largest absolute Gasteiger partial charge is 0.295 e. The number of fused-ring (bicyclic) bond motifs is 1. The molecule has 0 aliphatic heterocycles. The van der Waals surface area contributed by atoms with Crippen molar-refractivity contribution >= 4 is 50.2 Å². The Bertz CT molecular complexity index is 825. The van der Waals surface area contributed by atoms with Crippen molar-refractivity contribution in [2.45, 2.75) is 19.2 Å². The van der Waals surface area contributed by atoms with Gasteiger partial charge in [0.1, 0.15) is 5.82 Å². The van der Waals surface area contributed by atoms with E-state index < -0.39 is 0 Å². The Labute approximate surface area is 141 Å². The van der Waals surface area contributed by atoms with Gasteiger partial charge in [-0.15, -0.1) is 11.6 Å². The van der Waals surface area contributed by atoms with Crippen molar-refractivity contribution in [3.05, 3.63) is 57.3 Å². The van der Waals surface area contributed by atoms with Gasteiger partial charge in [0.15, 0.2) is 0 Å². The van der Waals surface area contributed by atoms with E-state index in [1.165, 1.54) is 0 Å². The lowest BCUT2D eigenvalue weighted by Crippen LogP contribution is -2.02. The highest BCUT2D eigenvalue weighted by molar-refractivity contribution is 9.10. The van der Waals surface area contributed by atoms with Crippen LogP contribution in [0.2, 0.25) is 5.02 Å². The minimum Gasteiger partial charge on any atom is -0.295 e. The van der Waals surface area contributed by atoms with Crippen molar-refractivity contribution in [3.8, 4) is 5.69 Å². The summed E-state index contributed by atoms with van der Waals surface area (Å²) in [6.07, 6.45) is 0. The topological polar surface area (TPSA) is 17.8 Å². The number of aryl methyl sites for hydroxylation is 1. The molecule has 21 heavy (non-hydrogen) atoms. The van der Waals surface area contributed by atoms with Crippen LogP contribution in [0.25, 0.3) is 16.7 Å². The number of nitrogens with zero attached hydrogens (tertiary/aromatic N) is 2. The highest BCUT2D eigenvalue weighted by Gasteiger charge is 2.17. The van der Waals surface area contributed by atoms with E-state index in [-0.39, 0.29) is 5.38 Å². The van der Waals surface area contributed by atoms with Gasteiger partial charge in [0, 0.05) is 15.2 Å². The van der Waals surface area contributed by atoms with Crippen LogP contribution in [0, 0.1) is 6.92 Å². The number of aromatic nitrogens is 2. The number of benzene rings is 2. The van der Waals surface area contributed by atoms with Gasteiger partial charge in [0.05, 0.1) is 16.4 Å². The second kappa shape index (κ2) is 5.64. The van der Waals surface area contributed by atoms with Gasteiger partial charge < -0.3 is 0 Å². The Balaban J connectivity index is 2.35. The Morgan fingerprint density at radius 1 is 1.19 bits per heavy atom. The zero-order chi connectivity index (χ0) is 15.1. The first-order valence-corrected chi connectivity index (χ1v) is 8.16. The van der Waals surface area contributed by atoms with Gasteiger partial charge in [-0.1, -0.05) is 27.5 Å². The third-order valence-electron chi connectivity index (χ3n) is 3.40. The summed E-state index contributed by atoms with van der Waals surface area (Å²) < 4.78 is 3.15. The molecule has 0 amide bonds. The quantitative estimate of drug-likeness (QED) is 0.492. The first-order valence-electron chi connectivity index (χ1n) is 6.56. The highest BCUT2D eigenvalue weighted by atomic mass is 79.9. The molecule has 0 spiro atoms. The number of imidazole rings is 1. The molecule has 0 saturated heterocycles. The molecule has 2 aromatic carbocycles. The average Bonchev–Trinajstić information content (AvgIpc) is 2.80. The Morgan fingerprint density at radius 3 is 2.62 bits per heavy atom. The monoisotopic (exact) mass is 382 g/mol. The maximum Gasteiger partial charge on any atom is 0.132 e. The SMILES string of the molecule is Cc1cc(-n2c(C(C)Cl)nc3ccc(Cl)cc32)ccc1Br. The van der Waals surface area contributed by atoms with Crippen molar-refractivity contribution in [2.75, 3.05) is 0 Å². The molecule has 0 bridgehead atoms. The van der Waals surface area contributed by atoms with E-state index in [9.17, 15) is 0 Å². The van der Waals surface area contributed by atoms with E-state index in [2.05, 4.69) is 38.5 Å². The fraction of sp³-hybridized carbons (Fsp3) is 0.188. The molecular weight excluding hydrogens is 371 g/mol. The van der Waals surface area contributed by atoms with E-state index in [4.69, 9.17) is 23.2 Å². The minimum atomic E-state index is -0.194. The van der Waals surface area contributed by atoms with Gasteiger partial charge in [-0.25, -0.2) is 4.98 Å². The number of halogens is 3. The summed E-state index contributed by atoms with van der Waals surface area (Å²) in [6, 6.07) is 11.9. The minimum absolute atomic E-state index is 0.194. The lowest BCUT2D eigenvalue weighted by Gasteiger charge is -2.12. The summed E-state index contributed by atoms with van der Waals surface area (Å²) in [5.74, 6) is 0.815. The lowest BCUT2D eigenvalue weighted by molar-refractivity contribution is 0.881. The number of rotatable bonds is 2. The van der Waals surface area contributed by atoms with Crippen LogP contribution in [0.5, 0.6) is 0 Å². The molecule has 1 unspecified atom stereocenters. The molecule has 108 valence electrons. The smallest absolute Gasteiger partial charge is 0.132 e. The van der Waals surface area contributed by atoms with Crippen LogP contribution in [0.1, 0.15) is 23.7 Å². The van der Waals surface area contributed by atoms with Gasteiger partial charge in [0.25, 0.3) is 0 Å². The Morgan fingerprint density at radius 2 is 1.95 bits per heavy atom. The summed E-state index contributed by atoms with van der Waals surface area (Å²) in [5.41, 5.74) is 4.04. The highest BCUT2D eigenvalue weighted by Crippen LogP contribution is 2.31. The van der Waals surface area contributed by atoms with Crippen LogP contribution in [-0.2, 0) is 0 Å². The molecule has 3 aromatic rings. The standard InChI is InChI=1S/C16H13BrCl2N2/c1-9-7-12(4-5-13(9)17)21-15-8-11(19)3-6-14(15)20-16(21)10(2)18/h3-8,10H,1-2H3. The lowest BCUT2D eigenvalue weighted by atomic mass is 10.2. The Kier molecular flexibility index (Phi) is 4.00. The summed E-state index contributed by atoms with van der Waals surface area (Å²) >= 11 is 16.0. The molecule has 0 aliphatic rings. The fourth-order valence-corrected chi connectivity index (χ4v) is 2.93. The predicted octanol–water partition coefficient (Wildman–Crippen LogP) is 6.05. The maximum absolute atomic E-state index is 6.31. The van der Waals surface area contributed by atoms with Crippen LogP contribution in [0.15, 0.2) is 40.9 Å².